The van der Waals surface area contributed by atoms with Gasteiger partial charge in [-0.25, -0.2) is 4.79 Å². The number of carbonyl (C=O) groups is 1. The summed E-state index contributed by atoms with van der Waals surface area (Å²) in [6.45, 7) is 11.4. The number of halogens is 1. The highest BCUT2D eigenvalue weighted by molar-refractivity contribution is 14.1. The smallest absolute Gasteiger partial charge is 0.407 e. The Balaban J connectivity index is 3.10. The van der Waals surface area contributed by atoms with Crippen molar-refractivity contribution in [2.24, 2.45) is 0 Å². The monoisotopic (exact) mass is 511 g/mol. The van der Waals surface area contributed by atoms with Crippen LogP contribution in [0.1, 0.15) is 39.2 Å². The fraction of sp³-hybridized carbons (Fsp3) is 0.500. The lowest BCUT2D eigenvalue weighted by Gasteiger charge is -2.23. The van der Waals surface area contributed by atoms with Crippen molar-refractivity contribution in [3.63, 3.8) is 0 Å². The van der Waals surface area contributed by atoms with E-state index >= 15 is 0 Å². The Morgan fingerprint density at radius 3 is 2.44 bits per heavy atom. The van der Waals surface area contributed by atoms with Crippen molar-refractivity contribution in [2.75, 3.05) is 19.4 Å². The first-order chi connectivity index (χ1) is 12.3. The lowest BCUT2D eigenvalue weighted by Crippen LogP contribution is -2.34. The quantitative estimate of drug-likeness (QED) is 0.324. The minimum absolute atomic E-state index is 0.188. The molecule has 0 spiro atoms. The summed E-state index contributed by atoms with van der Waals surface area (Å²) < 4.78 is 39.6. The molecule has 0 radical (unpaired) electrons. The van der Waals surface area contributed by atoms with Gasteiger partial charge in [-0.1, -0.05) is 19.6 Å². The van der Waals surface area contributed by atoms with Crippen molar-refractivity contribution in [3.8, 4) is 11.5 Å². The molecule has 0 saturated heterocycles. The minimum atomic E-state index is -3.67. The summed E-state index contributed by atoms with van der Waals surface area (Å²) in [4.78, 5) is 11.9. The number of ether oxygens (including phenoxy) is 2. The van der Waals surface area contributed by atoms with Gasteiger partial charge in [0, 0.05) is 18.0 Å². The Morgan fingerprint density at radius 1 is 1.33 bits per heavy atom. The highest BCUT2D eigenvalue weighted by Gasteiger charge is 2.23. The number of rotatable bonds is 8. The summed E-state index contributed by atoms with van der Waals surface area (Å²) in [5.41, 5.74) is 0.137. The molecule has 1 aromatic carbocycles. The van der Waals surface area contributed by atoms with E-state index in [1.165, 1.54) is 0 Å². The fourth-order valence-corrected chi connectivity index (χ4v) is 3.87. The Kier molecular flexibility index (Phi) is 8.40. The summed E-state index contributed by atoms with van der Waals surface area (Å²) in [6.07, 6.45) is 2.07. The molecule has 1 N–H and O–H groups in total. The van der Waals surface area contributed by atoms with Crippen LogP contribution in [0.15, 0.2) is 24.8 Å². The second-order valence-corrected chi connectivity index (χ2v) is 9.61. The third-order valence-corrected chi connectivity index (χ3v) is 4.74. The highest BCUT2D eigenvalue weighted by Crippen LogP contribution is 2.37. The second kappa shape index (κ2) is 9.63. The first-order valence-electron chi connectivity index (χ1n) is 8.26. The van der Waals surface area contributed by atoms with Gasteiger partial charge in [0.15, 0.2) is 5.75 Å². The van der Waals surface area contributed by atoms with E-state index in [0.717, 1.165) is 11.8 Å². The maximum Gasteiger partial charge on any atom is 0.407 e. The molecule has 1 amide bonds. The summed E-state index contributed by atoms with van der Waals surface area (Å²) in [7, 11) is -3.67. The number of benzene rings is 1. The van der Waals surface area contributed by atoms with E-state index in [1.54, 1.807) is 39.0 Å². The molecule has 1 atom stereocenters. The Morgan fingerprint density at radius 2 is 1.93 bits per heavy atom. The Bertz CT molecular complexity index is 786. The molecule has 1 aromatic rings. The lowest BCUT2D eigenvalue weighted by molar-refractivity contribution is 0.0525. The van der Waals surface area contributed by atoms with Crippen LogP contribution in [0.4, 0.5) is 4.79 Å². The van der Waals surface area contributed by atoms with E-state index in [-0.39, 0.29) is 18.2 Å². The second-order valence-electron chi connectivity index (χ2n) is 6.96. The molecule has 152 valence electrons. The van der Waals surface area contributed by atoms with E-state index in [0.29, 0.717) is 15.9 Å². The summed E-state index contributed by atoms with van der Waals surface area (Å²) in [6, 6.07) is 3.18. The van der Waals surface area contributed by atoms with Gasteiger partial charge in [0.05, 0.1) is 9.83 Å². The van der Waals surface area contributed by atoms with Gasteiger partial charge in [0.1, 0.15) is 18.0 Å². The van der Waals surface area contributed by atoms with Crippen LogP contribution in [0.2, 0.25) is 0 Å². The van der Waals surface area contributed by atoms with Crippen LogP contribution in [-0.4, -0.2) is 39.5 Å². The number of nitrogens with one attached hydrogen (secondary N) is 1. The van der Waals surface area contributed by atoms with Crippen LogP contribution in [0, 0.1) is 3.57 Å². The van der Waals surface area contributed by atoms with Gasteiger partial charge in [-0.05, 0) is 55.5 Å². The molecule has 1 unspecified atom stereocenters. The van der Waals surface area contributed by atoms with Crippen LogP contribution in [0.25, 0.3) is 0 Å². The van der Waals surface area contributed by atoms with E-state index in [9.17, 15) is 13.2 Å². The van der Waals surface area contributed by atoms with E-state index in [4.69, 9.17) is 13.7 Å². The first kappa shape index (κ1) is 23.5. The van der Waals surface area contributed by atoms with Crippen molar-refractivity contribution in [2.45, 2.75) is 39.2 Å². The Hall–Kier alpha value is -1.49. The topological polar surface area (TPSA) is 90.9 Å². The molecule has 0 aromatic heterocycles. The van der Waals surface area contributed by atoms with Crippen LogP contribution in [0.5, 0.6) is 11.5 Å². The van der Waals surface area contributed by atoms with Crippen LogP contribution >= 0.6 is 22.6 Å². The molecule has 1 rings (SSSR count). The number of carbonyl (C=O) groups excluding carboxylic acids is 1. The predicted molar refractivity (Wildman–Crippen MR) is 113 cm³/mol. The maximum atomic E-state index is 11.9. The van der Waals surface area contributed by atoms with Gasteiger partial charge in [-0.2, -0.15) is 8.42 Å². The molecular formula is C18H26INO6S. The van der Waals surface area contributed by atoms with Crippen molar-refractivity contribution in [1.29, 1.82) is 0 Å². The van der Waals surface area contributed by atoms with Crippen LogP contribution < -0.4 is 14.2 Å². The molecule has 27 heavy (non-hydrogen) atoms. The number of amides is 1. The predicted octanol–water partition coefficient (Wildman–Crippen LogP) is 3.82. The van der Waals surface area contributed by atoms with Crippen LogP contribution in [-0.2, 0) is 14.9 Å². The number of hydrogen-bond donors (Lipinski definition) is 1. The van der Waals surface area contributed by atoms with Crippen molar-refractivity contribution in [3.05, 3.63) is 33.9 Å². The molecule has 0 heterocycles. The van der Waals surface area contributed by atoms with E-state index in [2.05, 4.69) is 11.9 Å². The van der Waals surface area contributed by atoms with Gasteiger partial charge in [0.25, 0.3) is 0 Å². The zero-order valence-electron chi connectivity index (χ0n) is 16.2. The largest absolute Gasteiger partial charge is 0.489 e. The minimum Gasteiger partial charge on any atom is -0.489 e. The van der Waals surface area contributed by atoms with E-state index < -0.39 is 21.8 Å². The SMILES string of the molecule is C=CCOc1ccc(OS(C)(=O)=O)c(I)c1C(C)CNC(=O)OC(C)(C)C. The Labute approximate surface area is 174 Å². The van der Waals surface area contributed by atoms with Gasteiger partial charge >= 0.3 is 16.2 Å². The standard InChI is InChI=1S/C18H26INO6S/c1-7-10-24-13-8-9-14(26-27(6,22)23)16(19)15(13)12(2)11-20-17(21)25-18(3,4)5/h7-9,12H,1,10-11H2,2-6H3,(H,20,21). The van der Waals surface area contributed by atoms with Gasteiger partial charge in [-0.15, -0.1) is 0 Å². The van der Waals surface area contributed by atoms with Crippen LogP contribution in [0.3, 0.4) is 0 Å². The molecule has 0 aliphatic rings. The van der Waals surface area contributed by atoms with Crippen molar-refractivity contribution >= 4 is 38.8 Å². The number of alkyl carbamates (subject to hydrolysis) is 1. The fourth-order valence-electron chi connectivity index (χ4n) is 2.17. The summed E-state index contributed by atoms with van der Waals surface area (Å²) >= 11 is 2.01. The average Bonchev–Trinajstić information content (AvgIpc) is 2.50. The normalized spacial score (nSPS) is 12.8. The molecule has 0 aliphatic heterocycles. The van der Waals surface area contributed by atoms with E-state index in [1.807, 2.05) is 29.5 Å². The average molecular weight is 511 g/mol. The molecule has 0 bridgehead atoms. The third-order valence-electron chi connectivity index (χ3n) is 3.15. The molecular weight excluding hydrogens is 485 g/mol. The van der Waals surface area contributed by atoms with Gasteiger partial charge < -0.3 is 19.0 Å². The molecule has 0 aliphatic carbocycles. The first-order valence-corrected chi connectivity index (χ1v) is 11.2. The zero-order chi connectivity index (χ0) is 20.8. The molecule has 0 fully saturated rings. The number of hydrogen-bond acceptors (Lipinski definition) is 6. The lowest BCUT2D eigenvalue weighted by atomic mass is 9.99. The zero-order valence-corrected chi connectivity index (χ0v) is 19.1. The van der Waals surface area contributed by atoms with Gasteiger partial charge in [-0.3, -0.25) is 0 Å². The van der Waals surface area contributed by atoms with Crippen molar-refractivity contribution in [1.82, 2.24) is 5.32 Å². The third kappa shape index (κ3) is 8.37. The highest BCUT2D eigenvalue weighted by atomic mass is 127. The molecule has 0 saturated carbocycles. The molecule has 7 nitrogen and oxygen atoms in total. The maximum absolute atomic E-state index is 11.9. The summed E-state index contributed by atoms with van der Waals surface area (Å²) in [5.74, 6) is 0.592. The summed E-state index contributed by atoms with van der Waals surface area (Å²) in [5, 5.41) is 2.72. The molecule has 9 heteroatoms. The van der Waals surface area contributed by atoms with Gasteiger partial charge in [0.2, 0.25) is 0 Å². The van der Waals surface area contributed by atoms with Crippen molar-refractivity contribution < 1.29 is 26.9 Å².